The summed E-state index contributed by atoms with van der Waals surface area (Å²) in [4.78, 5) is 14.6. The van der Waals surface area contributed by atoms with Crippen LogP contribution < -0.4 is 23.1 Å². The van der Waals surface area contributed by atoms with Crippen molar-refractivity contribution < 1.29 is 18.4 Å². The molecular formula is C6H14F2N4O2. The lowest BCUT2D eigenvalue weighted by molar-refractivity contribution is -0.158. The lowest BCUT2D eigenvalue weighted by Gasteiger charge is -2.30. The lowest BCUT2D eigenvalue weighted by Crippen LogP contribution is -2.66. The van der Waals surface area contributed by atoms with E-state index in [0.717, 1.165) is 0 Å². The summed E-state index contributed by atoms with van der Waals surface area (Å²) < 4.78 is 25.0. The quantitative estimate of drug-likeness (QED) is 0.391. The van der Waals surface area contributed by atoms with E-state index in [0.29, 0.717) is 0 Å². The maximum Gasteiger partial charge on any atom is 0.352 e. The molecule has 0 bridgehead atoms. The third kappa shape index (κ3) is 2.35. The van der Waals surface area contributed by atoms with Crippen LogP contribution in [-0.4, -0.2) is 30.5 Å². The van der Waals surface area contributed by atoms with Crippen LogP contribution >= 0.6 is 0 Å². The summed E-state index contributed by atoms with van der Waals surface area (Å²) in [5.41, 5.74) is 12.9. The molecule has 2 atom stereocenters. The van der Waals surface area contributed by atoms with Gasteiger partial charge in [0.15, 0.2) is 5.54 Å². The summed E-state index contributed by atoms with van der Waals surface area (Å²) in [5.74, 6) is 3.03. The zero-order valence-corrected chi connectivity index (χ0v) is 7.45. The van der Waals surface area contributed by atoms with Crippen LogP contribution in [0, 0.1) is 0 Å². The molecular weight excluding hydrogens is 198 g/mol. The van der Waals surface area contributed by atoms with Gasteiger partial charge in [-0.15, -0.1) is 0 Å². The molecule has 0 spiro atoms. The highest BCUT2D eigenvalue weighted by Crippen LogP contribution is 2.19. The average Bonchev–Trinajstić information content (AvgIpc) is 2.15. The lowest BCUT2D eigenvalue weighted by atomic mass is 9.90. The summed E-state index contributed by atoms with van der Waals surface area (Å²) in [6.07, 6.45) is -3.20. The number of hydrogen-bond donors (Lipinski definition) is 4. The second-order valence-electron chi connectivity index (χ2n) is 2.82. The summed E-state index contributed by atoms with van der Waals surface area (Å²) in [5, 5.41) is 0. The van der Waals surface area contributed by atoms with Gasteiger partial charge in [-0.25, -0.2) is 13.6 Å². The number of carbonyl (C=O) groups is 1. The summed E-state index contributed by atoms with van der Waals surface area (Å²) in [6.45, 7) is 0.0324. The predicted octanol–water partition coefficient (Wildman–Crippen LogP) is -1.96. The van der Waals surface area contributed by atoms with E-state index in [9.17, 15) is 13.6 Å². The topological polar surface area (TPSA) is 130 Å². The van der Waals surface area contributed by atoms with E-state index in [1.54, 1.807) is 0 Å². The number of nitrogens with two attached hydrogens (primary N) is 4. The van der Waals surface area contributed by atoms with Crippen molar-refractivity contribution in [1.82, 2.24) is 0 Å². The molecule has 0 aromatic heterocycles. The van der Waals surface area contributed by atoms with Crippen molar-refractivity contribution in [1.29, 1.82) is 0 Å². The molecule has 0 saturated heterocycles. The first-order valence-electron chi connectivity index (χ1n) is 3.85. The Morgan fingerprint density at radius 2 is 2.00 bits per heavy atom. The molecule has 0 heterocycles. The molecule has 2 unspecified atom stereocenters. The number of alkyl halides is 2. The molecule has 6 nitrogen and oxygen atoms in total. The molecule has 0 aromatic carbocycles. The Morgan fingerprint density at radius 1 is 1.50 bits per heavy atom. The van der Waals surface area contributed by atoms with Crippen molar-refractivity contribution in [3.05, 3.63) is 0 Å². The average molecular weight is 212 g/mol. The SMILES string of the molecule is NCCC(N)C(N)(C(=O)ON)C(F)F. The second-order valence-corrected chi connectivity index (χ2v) is 2.82. The first-order chi connectivity index (χ1) is 6.41. The standard InChI is InChI=1S/C6H14F2N4O2/c7-4(8)6(11,5(13)14-12)3(10)1-2-9/h3-4H,1-2,9-12H2. The Kier molecular flexibility index (Phi) is 4.85. The van der Waals surface area contributed by atoms with Crippen molar-refractivity contribution in [2.45, 2.75) is 24.4 Å². The zero-order valence-electron chi connectivity index (χ0n) is 7.45. The molecule has 14 heavy (non-hydrogen) atoms. The van der Waals surface area contributed by atoms with Crippen molar-refractivity contribution in [2.24, 2.45) is 23.1 Å². The minimum atomic E-state index is -3.17. The fourth-order valence-electron chi connectivity index (χ4n) is 0.923. The van der Waals surface area contributed by atoms with Crippen molar-refractivity contribution in [3.63, 3.8) is 0 Å². The van der Waals surface area contributed by atoms with E-state index in [1.165, 1.54) is 0 Å². The Morgan fingerprint density at radius 3 is 2.29 bits per heavy atom. The summed E-state index contributed by atoms with van der Waals surface area (Å²) in [7, 11) is 0. The minimum absolute atomic E-state index is 0.0318. The molecule has 0 amide bonds. The summed E-state index contributed by atoms with van der Waals surface area (Å²) >= 11 is 0. The number of hydrogen-bond acceptors (Lipinski definition) is 6. The van der Waals surface area contributed by atoms with Crippen LogP contribution in [0.5, 0.6) is 0 Å². The molecule has 0 aromatic rings. The predicted molar refractivity (Wildman–Crippen MR) is 44.8 cm³/mol. The fraction of sp³-hybridized carbons (Fsp3) is 0.833. The van der Waals surface area contributed by atoms with E-state index in [1.807, 2.05) is 0 Å². The van der Waals surface area contributed by atoms with Crippen LogP contribution in [0.4, 0.5) is 8.78 Å². The Bertz CT molecular complexity index is 204. The van der Waals surface area contributed by atoms with Crippen molar-refractivity contribution in [2.75, 3.05) is 6.54 Å². The summed E-state index contributed by atoms with van der Waals surface area (Å²) in [6, 6.07) is -1.30. The Hall–Kier alpha value is -0.830. The highest BCUT2D eigenvalue weighted by Gasteiger charge is 2.50. The Balaban J connectivity index is 4.79. The number of rotatable bonds is 5. The van der Waals surface area contributed by atoms with E-state index in [4.69, 9.17) is 17.2 Å². The third-order valence-electron chi connectivity index (χ3n) is 1.91. The molecule has 0 aliphatic carbocycles. The van der Waals surface area contributed by atoms with Crippen LogP contribution in [0.3, 0.4) is 0 Å². The molecule has 84 valence electrons. The van der Waals surface area contributed by atoms with Crippen molar-refractivity contribution in [3.8, 4) is 0 Å². The van der Waals surface area contributed by atoms with Crippen molar-refractivity contribution >= 4 is 5.97 Å². The Labute approximate surface area is 79.5 Å². The van der Waals surface area contributed by atoms with E-state index >= 15 is 0 Å². The largest absolute Gasteiger partial charge is 0.372 e. The molecule has 8 N–H and O–H groups in total. The molecule has 0 radical (unpaired) electrons. The van der Waals surface area contributed by atoms with E-state index < -0.39 is 24.0 Å². The van der Waals surface area contributed by atoms with Gasteiger partial charge in [0.25, 0.3) is 6.43 Å². The first kappa shape index (κ1) is 13.2. The second kappa shape index (κ2) is 5.15. The first-order valence-corrected chi connectivity index (χ1v) is 3.85. The van der Waals surface area contributed by atoms with Gasteiger partial charge in [0.2, 0.25) is 0 Å². The highest BCUT2D eigenvalue weighted by molar-refractivity contribution is 5.82. The molecule has 0 aliphatic heterocycles. The monoisotopic (exact) mass is 212 g/mol. The maximum atomic E-state index is 12.5. The minimum Gasteiger partial charge on any atom is -0.372 e. The molecule has 0 saturated carbocycles. The molecule has 8 heteroatoms. The molecule has 0 aliphatic rings. The van der Waals surface area contributed by atoms with Crippen LogP contribution in [-0.2, 0) is 9.63 Å². The van der Waals surface area contributed by atoms with Crippen LogP contribution in [0.25, 0.3) is 0 Å². The van der Waals surface area contributed by atoms with Gasteiger partial charge in [-0.3, -0.25) is 0 Å². The molecule has 0 rings (SSSR count). The van der Waals surface area contributed by atoms with Gasteiger partial charge in [0, 0.05) is 6.04 Å². The normalized spacial score (nSPS) is 17.6. The fourth-order valence-corrected chi connectivity index (χ4v) is 0.923. The van der Waals surface area contributed by atoms with Gasteiger partial charge in [-0.1, -0.05) is 0 Å². The maximum absolute atomic E-state index is 12.5. The van der Waals surface area contributed by atoms with Gasteiger partial charge in [0.1, 0.15) is 0 Å². The van der Waals surface area contributed by atoms with E-state index in [2.05, 4.69) is 10.7 Å². The molecule has 0 fully saturated rings. The van der Waals surface area contributed by atoms with Crippen LogP contribution in [0.15, 0.2) is 0 Å². The van der Waals surface area contributed by atoms with Crippen LogP contribution in [0.2, 0.25) is 0 Å². The zero-order chi connectivity index (χ0) is 11.4. The number of carbonyl (C=O) groups excluding carboxylic acids is 1. The van der Waals surface area contributed by atoms with Gasteiger partial charge in [-0.05, 0) is 13.0 Å². The van der Waals surface area contributed by atoms with Crippen LogP contribution in [0.1, 0.15) is 6.42 Å². The smallest absolute Gasteiger partial charge is 0.352 e. The van der Waals surface area contributed by atoms with Gasteiger partial charge in [0.05, 0.1) is 0 Å². The van der Waals surface area contributed by atoms with Gasteiger partial charge < -0.3 is 22.0 Å². The van der Waals surface area contributed by atoms with Gasteiger partial charge >= 0.3 is 5.97 Å². The highest BCUT2D eigenvalue weighted by atomic mass is 19.3. The number of halogens is 2. The van der Waals surface area contributed by atoms with Gasteiger partial charge in [-0.2, -0.15) is 5.90 Å². The van der Waals surface area contributed by atoms with E-state index in [-0.39, 0.29) is 13.0 Å². The third-order valence-corrected chi connectivity index (χ3v) is 1.91.